The molecule has 3 aliphatic heterocycles. The summed E-state index contributed by atoms with van der Waals surface area (Å²) in [5, 5.41) is 0. The second-order valence-corrected chi connectivity index (χ2v) is 6.69. The van der Waals surface area contributed by atoms with Crippen LogP contribution in [0.25, 0.3) is 0 Å². The lowest BCUT2D eigenvalue weighted by atomic mass is 9.84. The van der Waals surface area contributed by atoms with Gasteiger partial charge in [0.05, 0.1) is 32.2 Å². The van der Waals surface area contributed by atoms with Crippen LogP contribution in [0.1, 0.15) is 19.3 Å². The van der Waals surface area contributed by atoms with Gasteiger partial charge in [0, 0.05) is 31.7 Å². The predicted molar refractivity (Wildman–Crippen MR) is 82.1 cm³/mol. The number of amides is 1. The zero-order chi connectivity index (χ0) is 15.7. The number of pyridine rings is 1. The molecule has 6 heteroatoms. The molecule has 23 heavy (non-hydrogen) atoms. The number of nitrogens with zero attached hydrogens (tertiary/aromatic N) is 2. The molecule has 3 aliphatic rings. The number of hydrogen-bond donors (Lipinski definition) is 0. The minimum Gasteiger partial charge on any atom is -0.474 e. The maximum absolute atomic E-state index is 12.4. The average molecular weight is 318 g/mol. The van der Waals surface area contributed by atoms with Gasteiger partial charge in [0.2, 0.25) is 11.8 Å². The van der Waals surface area contributed by atoms with Crippen molar-refractivity contribution in [3.8, 4) is 5.88 Å². The highest BCUT2D eigenvalue weighted by molar-refractivity contribution is 5.80. The number of carbonyl (C=O) groups excluding carboxylic acids is 1. The van der Waals surface area contributed by atoms with Crippen molar-refractivity contribution in [2.75, 3.05) is 32.9 Å². The van der Waals surface area contributed by atoms with Crippen LogP contribution in [0, 0.1) is 5.92 Å². The van der Waals surface area contributed by atoms with Crippen LogP contribution >= 0.6 is 0 Å². The van der Waals surface area contributed by atoms with Gasteiger partial charge >= 0.3 is 0 Å². The summed E-state index contributed by atoms with van der Waals surface area (Å²) in [5.41, 5.74) is -0.229. The van der Waals surface area contributed by atoms with E-state index in [0.717, 1.165) is 19.3 Å². The summed E-state index contributed by atoms with van der Waals surface area (Å²) in [6.07, 6.45) is 4.36. The van der Waals surface area contributed by atoms with Crippen molar-refractivity contribution in [2.24, 2.45) is 5.92 Å². The Morgan fingerprint density at radius 3 is 2.96 bits per heavy atom. The minimum absolute atomic E-state index is 0.0384. The van der Waals surface area contributed by atoms with Crippen molar-refractivity contribution in [1.29, 1.82) is 0 Å². The lowest BCUT2D eigenvalue weighted by Crippen LogP contribution is -2.68. The molecule has 1 aromatic heterocycles. The van der Waals surface area contributed by atoms with E-state index in [4.69, 9.17) is 14.2 Å². The molecule has 0 N–H and O–H groups in total. The van der Waals surface area contributed by atoms with Gasteiger partial charge in [-0.05, 0) is 12.5 Å². The molecular formula is C17H22N2O4. The van der Waals surface area contributed by atoms with Crippen molar-refractivity contribution in [1.82, 2.24) is 9.88 Å². The topological polar surface area (TPSA) is 60.9 Å². The predicted octanol–water partition coefficient (Wildman–Crippen LogP) is 1.26. The van der Waals surface area contributed by atoms with Crippen molar-refractivity contribution < 1.29 is 19.0 Å². The van der Waals surface area contributed by atoms with E-state index in [-0.39, 0.29) is 23.5 Å². The molecule has 0 radical (unpaired) electrons. The van der Waals surface area contributed by atoms with Crippen molar-refractivity contribution in [3.05, 3.63) is 24.4 Å². The molecule has 0 saturated carbocycles. The van der Waals surface area contributed by atoms with Crippen molar-refractivity contribution in [3.63, 3.8) is 0 Å². The number of carbonyl (C=O) groups is 1. The molecule has 0 unspecified atom stereocenters. The number of aromatic nitrogens is 1. The number of rotatable bonds is 3. The third-order valence-electron chi connectivity index (χ3n) is 4.92. The van der Waals surface area contributed by atoms with Crippen LogP contribution in [0.3, 0.4) is 0 Å². The van der Waals surface area contributed by atoms with Crippen LogP contribution in [-0.2, 0) is 14.3 Å². The quantitative estimate of drug-likeness (QED) is 0.839. The molecule has 3 fully saturated rings. The van der Waals surface area contributed by atoms with Gasteiger partial charge in [-0.15, -0.1) is 0 Å². The number of hydrogen-bond acceptors (Lipinski definition) is 5. The lowest BCUT2D eigenvalue weighted by Gasteiger charge is -2.53. The fourth-order valence-electron chi connectivity index (χ4n) is 3.68. The van der Waals surface area contributed by atoms with E-state index in [1.807, 2.05) is 23.1 Å². The first kappa shape index (κ1) is 14.9. The fraction of sp³-hybridized carbons (Fsp3) is 0.647. The molecule has 1 aromatic rings. The molecule has 6 nitrogen and oxygen atoms in total. The lowest BCUT2D eigenvalue weighted by molar-refractivity contribution is -0.195. The molecule has 0 aromatic carbocycles. The highest BCUT2D eigenvalue weighted by Crippen LogP contribution is 2.36. The molecule has 3 saturated heterocycles. The molecule has 0 bridgehead atoms. The van der Waals surface area contributed by atoms with Crippen LogP contribution in [-0.4, -0.2) is 60.4 Å². The van der Waals surface area contributed by atoms with Crippen LogP contribution in [0.4, 0.5) is 0 Å². The van der Waals surface area contributed by atoms with E-state index >= 15 is 0 Å². The molecule has 124 valence electrons. The maximum Gasteiger partial charge on any atom is 0.228 e. The zero-order valence-corrected chi connectivity index (χ0v) is 13.1. The SMILES string of the molecule is O=C([C@@H]1CCOC1)N1CC2(C[C@@H](Oc3ccccn3)CCO2)C1. The Kier molecular flexibility index (Phi) is 3.95. The van der Waals surface area contributed by atoms with E-state index in [1.165, 1.54) is 0 Å². The summed E-state index contributed by atoms with van der Waals surface area (Å²) in [6.45, 7) is 3.28. The first-order valence-electron chi connectivity index (χ1n) is 8.32. The van der Waals surface area contributed by atoms with E-state index in [2.05, 4.69) is 4.98 Å². The van der Waals surface area contributed by atoms with Gasteiger partial charge in [0.1, 0.15) is 11.7 Å². The summed E-state index contributed by atoms with van der Waals surface area (Å²) < 4.78 is 17.3. The highest BCUT2D eigenvalue weighted by atomic mass is 16.5. The van der Waals surface area contributed by atoms with Gasteiger partial charge in [-0.3, -0.25) is 4.79 Å². The van der Waals surface area contributed by atoms with E-state index < -0.39 is 0 Å². The van der Waals surface area contributed by atoms with E-state index in [0.29, 0.717) is 38.8 Å². The van der Waals surface area contributed by atoms with Crippen LogP contribution in [0.5, 0.6) is 5.88 Å². The highest BCUT2D eigenvalue weighted by Gasteiger charge is 2.51. The molecular weight excluding hydrogens is 296 g/mol. The second-order valence-electron chi connectivity index (χ2n) is 6.69. The molecule has 0 aliphatic carbocycles. The largest absolute Gasteiger partial charge is 0.474 e. The van der Waals surface area contributed by atoms with Crippen LogP contribution in [0.2, 0.25) is 0 Å². The number of likely N-dealkylation sites (tertiary alicyclic amines) is 1. The van der Waals surface area contributed by atoms with Crippen molar-refractivity contribution >= 4 is 5.91 Å². The Labute approximate surface area is 135 Å². The van der Waals surface area contributed by atoms with Gasteiger partial charge in [-0.1, -0.05) is 6.07 Å². The van der Waals surface area contributed by atoms with Crippen LogP contribution < -0.4 is 4.74 Å². The molecule has 2 atom stereocenters. The maximum atomic E-state index is 12.4. The first-order chi connectivity index (χ1) is 11.2. The Balaban J connectivity index is 1.32. The smallest absolute Gasteiger partial charge is 0.228 e. The molecule has 1 spiro atoms. The van der Waals surface area contributed by atoms with E-state index in [9.17, 15) is 4.79 Å². The monoisotopic (exact) mass is 318 g/mol. The Morgan fingerprint density at radius 1 is 1.30 bits per heavy atom. The van der Waals surface area contributed by atoms with Gasteiger partial charge in [0.25, 0.3) is 0 Å². The average Bonchev–Trinajstić information content (AvgIpc) is 3.07. The third-order valence-corrected chi connectivity index (χ3v) is 4.92. The van der Waals surface area contributed by atoms with Crippen molar-refractivity contribution in [2.45, 2.75) is 31.0 Å². The zero-order valence-electron chi connectivity index (χ0n) is 13.1. The second kappa shape index (κ2) is 6.09. The third kappa shape index (κ3) is 3.05. The van der Waals surface area contributed by atoms with Gasteiger partial charge in [0.15, 0.2) is 0 Å². The van der Waals surface area contributed by atoms with Crippen LogP contribution in [0.15, 0.2) is 24.4 Å². The van der Waals surface area contributed by atoms with Gasteiger partial charge in [-0.25, -0.2) is 4.98 Å². The summed E-state index contributed by atoms with van der Waals surface area (Å²) in [4.78, 5) is 18.5. The summed E-state index contributed by atoms with van der Waals surface area (Å²) in [6, 6.07) is 5.67. The Morgan fingerprint density at radius 2 is 2.22 bits per heavy atom. The molecule has 4 rings (SSSR count). The first-order valence-corrected chi connectivity index (χ1v) is 8.32. The van der Waals surface area contributed by atoms with E-state index in [1.54, 1.807) is 6.20 Å². The number of ether oxygens (including phenoxy) is 3. The summed E-state index contributed by atoms with van der Waals surface area (Å²) in [7, 11) is 0. The van der Waals surface area contributed by atoms with Gasteiger partial charge in [-0.2, -0.15) is 0 Å². The fourth-order valence-corrected chi connectivity index (χ4v) is 3.68. The summed E-state index contributed by atoms with van der Waals surface area (Å²) in [5.74, 6) is 0.908. The van der Waals surface area contributed by atoms with Gasteiger partial charge < -0.3 is 19.1 Å². The molecule has 4 heterocycles. The Hall–Kier alpha value is -1.66. The minimum atomic E-state index is -0.229. The summed E-state index contributed by atoms with van der Waals surface area (Å²) >= 11 is 0. The standard InChI is InChI=1S/C17H22N2O4/c20-16(13-4-7-21-10-13)19-11-17(12-19)9-14(5-8-22-17)23-15-3-1-2-6-18-15/h1-3,6,13-14H,4-5,7-12H2/t13-,14+/m1/s1. The Bertz CT molecular complexity index is 553. The normalized spacial score (nSPS) is 29.3. The molecule has 1 amide bonds.